The molecule has 0 N–H and O–H groups in total. The summed E-state index contributed by atoms with van der Waals surface area (Å²) in [6.07, 6.45) is 1.75. The minimum absolute atomic E-state index is 0.0887. The summed E-state index contributed by atoms with van der Waals surface area (Å²) in [5.41, 5.74) is 1.57. The van der Waals surface area contributed by atoms with E-state index in [1.807, 2.05) is 19.9 Å². The van der Waals surface area contributed by atoms with Crippen LogP contribution in [0.4, 0.5) is 4.39 Å². The largest absolute Gasteiger partial charge is 0.266 e. The molecule has 23 heavy (non-hydrogen) atoms. The Morgan fingerprint density at radius 3 is 2.26 bits per heavy atom. The highest BCUT2D eigenvalue weighted by molar-refractivity contribution is 7.89. The van der Waals surface area contributed by atoms with Crippen LogP contribution in [-0.2, 0) is 10.0 Å². The van der Waals surface area contributed by atoms with Crippen molar-refractivity contribution in [3.05, 3.63) is 71.7 Å². The zero-order valence-electron chi connectivity index (χ0n) is 13.2. The number of hydrogen-bond acceptors (Lipinski definition) is 2. The molecule has 0 unspecified atom stereocenters. The third kappa shape index (κ3) is 4.20. The van der Waals surface area contributed by atoms with E-state index in [-0.39, 0.29) is 11.4 Å². The molecule has 2 aromatic rings. The van der Waals surface area contributed by atoms with E-state index in [4.69, 9.17) is 0 Å². The molecule has 5 heteroatoms. The van der Waals surface area contributed by atoms with Gasteiger partial charge in [0.05, 0.1) is 4.90 Å². The number of aryl methyl sites for hydroxylation is 1. The Kier molecular flexibility index (Phi) is 5.55. The van der Waals surface area contributed by atoms with Gasteiger partial charge in [-0.05, 0) is 37.1 Å². The normalized spacial score (nSPS) is 12.2. The molecule has 0 aliphatic rings. The molecule has 0 saturated heterocycles. The van der Waals surface area contributed by atoms with Gasteiger partial charge in [-0.15, -0.1) is 0 Å². The van der Waals surface area contributed by atoms with Crippen LogP contribution >= 0.6 is 0 Å². The van der Waals surface area contributed by atoms with Gasteiger partial charge in [0, 0.05) is 6.54 Å². The summed E-state index contributed by atoms with van der Waals surface area (Å²) in [6.45, 7) is 3.77. The zero-order chi connectivity index (χ0) is 16.9. The van der Waals surface area contributed by atoms with Gasteiger partial charge in [-0.1, -0.05) is 55.0 Å². The molecule has 0 fully saturated rings. The quantitative estimate of drug-likeness (QED) is 0.736. The Balaban J connectivity index is 2.40. The van der Waals surface area contributed by atoms with Crippen molar-refractivity contribution >= 4 is 16.1 Å². The number of sulfonamides is 1. The van der Waals surface area contributed by atoms with E-state index < -0.39 is 16.0 Å². The minimum atomic E-state index is -3.91. The van der Waals surface area contributed by atoms with E-state index >= 15 is 0 Å². The fourth-order valence-corrected chi connectivity index (χ4v) is 3.58. The molecule has 0 radical (unpaired) electrons. The predicted molar refractivity (Wildman–Crippen MR) is 90.9 cm³/mol. The molecule has 3 nitrogen and oxygen atoms in total. The zero-order valence-corrected chi connectivity index (χ0v) is 14.1. The minimum Gasteiger partial charge on any atom is -0.242 e. The average Bonchev–Trinajstić information content (AvgIpc) is 2.53. The van der Waals surface area contributed by atoms with Gasteiger partial charge in [-0.3, -0.25) is 0 Å². The van der Waals surface area contributed by atoms with Crippen LogP contribution in [0.25, 0.3) is 6.08 Å². The van der Waals surface area contributed by atoms with Crippen LogP contribution in [-0.4, -0.2) is 19.3 Å². The first kappa shape index (κ1) is 17.2. The van der Waals surface area contributed by atoms with Crippen molar-refractivity contribution in [2.24, 2.45) is 0 Å². The SMILES string of the molecule is CCCN(/C(F)=C\c1ccccc1)S(=O)(=O)c1ccc(C)cc1. The molecule has 0 atom stereocenters. The Hall–Kier alpha value is -2.14. The lowest BCUT2D eigenvalue weighted by atomic mass is 10.2. The molecular weight excluding hydrogens is 313 g/mol. The molecule has 0 bridgehead atoms. The molecule has 0 aromatic heterocycles. The molecule has 0 amide bonds. The summed E-state index contributed by atoms with van der Waals surface area (Å²) in [5, 5.41) is 0. The second-order valence-corrected chi connectivity index (χ2v) is 7.13. The summed E-state index contributed by atoms with van der Waals surface area (Å²) in [6, 6.07) is 15.2. The highest BCUT2D eigenvalue weighted by Crippen LogP contribution is 2.23. The van der Waals surface area contributed by atoms with Gasteiger partial charge in [-0.25, -0.2) is 12.7 Å². The van der Waals surface area contributed by atoms with Crippen LogP contribution in [0.2, 0.25) is 0 Å². The maximum absolute atomic E-state index is 14.6. The van der Waals surface area contributed by atoms with Crippen molar-refractivity contribution in [2.45, 2.75) is 25.2 Å². The van der Waals surface area contributed by atoms with Crippen LogP contribution in [0.15, 0.2) is 65.4 Å². The van der Waals surface area contributed by atoms with Gasteiger partial charge in [0.25, 0.3) is 10.0 Å². The van der Waals surface area contributed by atoms with Crippen molar-refractivity contribution < 1.29 is 12.8 Å². The van der Waals surface area contributed by atoms with Gasteiger partial charge in [0.1, 0.15) is 0 Å². The van der Waals surface area contributed by atoms with E-state index in [0.29, 0.717) is 12.0 Å². The van der Waals surface area contributed by atoms with E-state index in [2.05, 4.69) is 0 Å². The van der Waals surface area contributed by atoms with Gasteiger partial charge >= 0.3 is 0 Å². The molecular formula is C18H20FNO2S. The first-order valence-electron chi connectivity index (χ1n) is 7.47. The van der Waals surface area contributed by atoms with Gasteiger partial charge in [0.15, 0.2) is 0 Å². The van der Waals surface area contributed by atoms with Crippen molar-refractivity contribution in [2.75, 3.05) is 6.54 Å². The molecule has 0 aliphatic heterocycles. The van der Waals surface area contributed by atoms with Gasteiger partial charge in [-0.2, -0.15) is 4.39 Å². The first-order chi connectivity index (χ1) is 10.9. The fourth-order valence-electron chi connectivity index (χ4n) is 2.14. The summed E-state index contributed by atoms with van der Waals surface area (Å²) >= 11 is 0. The predicted octanol–water partition coefficient (Wildman–Crippen LogP) is 4.36. The van der Waals surface area contributed by atoms with Crippen molar-refractivity contribution in [3.8, 4) is 0 Å². The molecule has 0 heterocycles. The van der Waals surface area contributed by atoms with E-state index in [1.165, 1.54) is 18.2 Å². The topological polar surface area (TPSA) is 37.4 Å². The van der Waals surface area contributed by atoms with Gasteiger partial charge in [0.2, 0.25) is 5.95 Å². The molecule has 2 aromatic carbocycles. The van der Waals surface area contributed by atoms with E-state index in [0.717, 1.165) is 9.87 Å². The Bertz CT molecular complexity index is 768. The highest BCUT2D eigenvalue weighted by atomic mass is 32.2. The van der Waals surface area contributed by atoms with Crippen molar-refractivity contribution in [1.82, 2.24) is 4.31 Å². The van der Waals surface area contributed by atoms with Crippen molar-refractivity contribution in [1.29, 1.82) is 0 Å². The molecule has 2 rings (SSSR count). The first-order valence-corrected chi connectivity index (χ1v) is 8.91. The maximum atomic E-state index is 14.6. The lowest BCUT2D eigenvalue weighted by molar-refractivity contribution is 0.388. The average molecular weight is 333 g/mol. The van der Waals surface area contributed by atoms with Gasteiger partial charge < -0.3 is 0 Å². The monoisotopic (exact) mass is 333 g/mol. The second-order valence-electron chi connectivity index (χ2n) is 5.27. The third-order valence-corrected chi connectivity index (χ3v) is 5.16. The summed E-state index contributed by atoms with van der Waals surface area (Å²) < 4.78 is 40.9. The lowest BCUT2D eigenvalue weighted by Crippen LogP contribution is -2.29. The number of halogens is 1. The Morgan fingerprint density at radius 2 is 1.70 bits per heavy atom. The smallest absolute Gasteiger partial charge is 0.242 e. The van der Waals surface area contributed by atoms with E-state index in [9.17, 15) is 12.8 Å². The van der Waals surface area contributed by atoms with Crippen LogP contribution in [0.1, 0.15) is 24.5 Å². The van der Waals surface area contributed by atoms with Crippen LogP contribution in [0.5, 0.6) is 0 Å². The van der Waals surface area contributed by atoms with E-state index in [1.54, 1.807) is 36.4 Å². The molecule has 0 saturated carbocycles. The lowest BCUT2D eigenvalue weighted by Gasteiger charge is -2.22. The van der Waals surface area contributed by atoms with Crippen LogP contribution < -0.4 is 0 Å². The summed E-state index contributed by atoms with van der Waals surface area (Å²) in [7, 11) is -3.91. The Morgan fingerprint density at radius 1 is 1.09 bits per heavy atom. The molecule has 122 valence electrons. The fraction of sp³-hybridized carbons (Fsp3) is 0.222. The maximum Gasteiger partial charge on any atom is 0.266 e. The number of nitrogens with zero attached hydrogens (tertiary/aromatic N) is 1. The number of benzene rings is 2. The second kappa shape index (κ2) is 7.42. The van der Waals surface area contributed by atoms with Crippen LogP contribution in [0, 0.1) is 6.92 Å². The number of hydrogen-bond donors (Lipinski definition) is 0. The molecule has 0 spiro atoms. The van der Waals surface area contributed by atoms with Crippen molar-refractivity contribution in [3.63, 3.8) is 0 Å². The Labute approximate surface area is 137 Å². The van der Waals surface area contributed by atoms with Crippen LogP contribution in [0.3, 0.4) is 0 Å². The highest BCUT2D eigenvalue weighted by Gasteiger charge is 2.26. The standard InChI is InChI=1S/C18H20FNO2S/c1-3-13-20(18(19)14-16-7-5-4-6-8-16)23(21,22)17-11-9-15(2)10-12-17/h4-12,14H,3,13H2,1-2H3/b18-14-. The summed E-state index contributed by atoms with van der Waals surface area (Å²) in [5.74, 6) is -0.779. The third-order valence-electron chi connectivity index (χ3n) is 3.36. The number of rotatable bonds is 6. The summed E-state index contributed by atoms with van der Waals surface area (Å²) in [4.78, 5) is 0.0909. The molecule has 0 aliphatic carbocycles.